The SMILES string of the molecule is [N-]=[N+]=NC(=N/Nc1ccccc1)/C(N=[N+]=[N-])=N\Nc1ccccc1. The van der Waals surface area contributed by atoms with Crippen molar-refractivity contribution in [2.45, 2.75) is 0 Å². The molecule has 0 spiro atoms. The van der Waals surface area contributed by atoms with Gasteiger partial charge in [0.25, 0.3) is 0 Å². The van der Waals surface area contributed by atoms with Gasteiger partial charge in [0.05, 0.1) is 11.4 Å². The highest BCUT2D eigenvalue weighted by Crippen LogP contribution is 2.07. The summed E-state index contributed by atoms with van der Waals surface area (Å²) in [5.41, 5.74) is 24.1. The zero-order valence-corrected chi connectivity index (χ0v) is 12.4. The van der Waals surface area contributed by atoms with Crippen molar-refractivity contribution in [2.75, 3.05) is 10.9 Å². The molecule has 0 bridgehead atoms. The van der Waals surface area contributed by atoms with Gasteiger partial charge in [-0.3, -0.25) is 10.9 Å². The van der Waals surface area contributed by atoms with Crippen LogP contribution >= 0.6 is 0 Å². The average Bonchev–Trinajstić information content (AvgIpc) is 2.64. The number of nitrogens with zero attached hydrogens (tertiary/aromatic N) is 8. The van der Waals surface area contributed by atoms with E-state index < -0.39 is 0 Å². The number of hydrazone groups is 2. The summed E-state index contributed by atoms with van der Waals surface area (Å²) < 4.78 is 0. The fraction of sp³-hybridized carbons (Fsp3) is 0. The first-order valence-electron chi connectivity index (χ1n) is 6.71. The van der Waals surface area contributed by atoms with Crippen LogP contribution in [0.15, 0.2) is 81.1 Å². The Morgan fingerprint density at radius 3 is 1.38 bits per heavy atom. The molecule has 2 rings (SSSR count). The number of nitrogens with one attached hydrogen (secondary N) is 2. The van der Waals surface area contributed by atoms with E-state index in [0.717, 1.165) is 0 Å². The maximum Gasteiger partial charge on any atom is 0.176 e. The Morgan fingerprint density at radius 1 is 0.667 bits per heavy atom. The Kier molecular flexibility index (Phi) is 6.21. The summed E-state index contributed by atoms with van der Waals surface area (Å²) in [4.78, 5) is 5.34. The van der Waals surface area contributed by atoms with Gasteiger partial charge in [-0.15, -0.1) is 0 Å². The van der Waals surface area contributed by atoms with Crippen LogP contribution in [0.4, 0.5) is 11.4 Å². The molecule has 0 atom stereocenters. The zero-order chi connectivity index (χ0) is 17.0. The highest BCUT2D eigenvalue weighted by Gasteiger charge is 2.06. The van der Waals surface area contributed by atoms with Crippen molar-refractivity contribution >= 4 is 23.0 Å². The summed E-state index contributed by atoms with van der Waals surface area (Å²) in [5.74, 6) is -0.412. The largest absolute Gasteiger partial charge is 0.278 e. The number of hydrogen-bond acceptors (Lipinski definition) is 4. The van der Waals surface area contributed by atoms with E-state index in [1.807, 2.05) is 36.4 Å². The smallest absolute Gasteiger partial charge is 0.176 e. The third-order valence-corrected chi connectivity index (χ3v) is 2.61. The molecule has 0 aliphatic carbocycles. The molecule has 0 saturated carbocycles. The molecule has 10 nitrogen and oxygen atoms in total. The minimum Gasteiger partial charge on any atom is -0.278 e. The molecule has 0 aromatic heterocycles. The third kappa shape index (κ3) is 5.08. The van der Waals surface area contributed by atoms with Crippen molar-refractivity contribution in [1.29, 1.82) is 0 Å². The van der Waals surface area contributed by atoms with Crippen LogP contribution < -0.4 is 10.9 Å². The van der Waals surface area contributed by atoms with Gasteiger partial charge in [-0.2, -0.15) is 10.2 Å². The Hall–Kier alpha value is -4.00. The lowest BCUT2D eigenvalue weighted by Gasteiger charge is -2.04. The summed E-state index contributed by atoms with van der Waals surface area (Å²) in [5, 5.41) is 14.7. The van der Waals surface area contributed by atoms with Crippen LogP contribution in [-0.2, 0) is 0 Å². The van der Waals surface area contributed by atoms with E-state index in [2.05, 4.69) is 41.1 Å². The third-order valence-electron chi connectivity index (χ3n) is 2.61. The summed E-state index contributed by atoms with van der Waals surface area (Å²) in [6.07, 6.45) is 0. The summed E-state index contributed by atoms with van der Waals surface area (Å²) in [7, 11) is 0. The number of amidine groups is 2. The molecular formula is C14H12N10. The molecule has 2 N–H and O–H groups in total. The second-order valence-corrected chi connectivity index (χ2v) is 4.21. The van der Waals surface area contributed by atoms with Gasteiger partial charge in [-0.05, 0) is 45.6 Å². The fourth-order valence-corrected chi connectivity index (χ4v) is 1.58. The number of benzene rings is 2. The quantitative estimate of drug-likeness (QED) is 0.214. The van der Waals surface area contributed by atoms with Crippen LogP contribution in [0.5, 0.6) is 0 Å². The maximum atomic E-state index is 8.68. The van der Waals surface area contributed by atoms with E-state index in [-0.39, 0.29) is 11.7 Å². The van der Waals surface area contributed by atoms with Gasteiger partial charge in [0.1, 0.15) is 0 Å². The number of azide groups is 2. The van der Waals surface area contributed by atoms with Crippen molar-refractivity contribution in [1.82, 2.24) is 0 Å². The van der Waals surface area contributed by atoms with E-state index in [1.165, 1.54) is 0 Å². The Balaban J connectivity index is 2.26. The van der Waals surface area contributed by atoms with Crippen LogP contribution in [0, 0.1) is 0 Å². The van der Waals surface area contributed by atoms with Crippen LogP contribution in [0.1, 0.15) is 0 Å². The van der Waals surface area contributed by atoms with E-state index in [9.17, 15) is 0 Å². The molecule has 2 aromatic carbocycles. The van der Waals surface area contributed by atoms with Crippen molar-refractivity contribution in [2.24, 2.45) is 20.4 Å². The molecule has 0 radical (unpaired) electrons. The highest BCUT2D eigenvalue weighted by atomic mass is 15.4. The molecule has 24 heavy (non-hydrogen) atoms. The first kappa shape index (κ1) is 16.4. The second-order valence-electron chi connectivity index (χ2n) is 4.21. The van der Waals surface area contributed by atoms with E-state index in [4.69, 9.17) is 11.1 Å². The zero-order valence-electron chi connectivity index (χ0n) is 12.4. The van der Waals surface area contributed by atoms with Crippen molar-refractivity contribution in [3.8, 4) is 0 Å². The second kappa shape index (κ2) is 9.11. The summed E-state index contributed by atoms with van der Waals surface area (Å²) >= 11 is 0. The summed E-state index contributed by atoms with van der Waals surface area (Å²) in [6.45, 7) is 0. The first-order valence-corrected chi connectivity index (χ1v) is 6.71. The molecule has 0 aliphatic heterocycles. The molecule has 0 saturated heterocycles. The maximum absolute atomic E-state index is 8.68. The minimum atomic E-state index is -0.206. The predicted octanol–water partition coefficient (Wildman–Crippen LogP) is 4.46. The Labute approximate surface area is 136 Å². The van der Waals surface area contributed by atoms with Gasteiger partial charge in [-0.25, -0.2) is 0 Å². The Bertz CT molecular complexity index is 744. The molecule has 10 heteroatoms. The monoisotopic (exact) mass is 320 g/mol. The van der Waals surface area contributed by atoms with Gasteiger partial charge < -0.3 is 0 Å². The van der Waals surface area contributed by atoms with Gasteiger partial charge in [0.2, 0.25) is 0 Å². The molecule has 0 amide bonds. The van der Waals surface area contributed by atoms with Gasteiger partial charge in [0.15, 0.2) is 11.7 Å². The molecule has 2 aromatic rings. The van der Waals surface area contributed by atoms with Crippen molar-refractivity contribution in [3.63, 3.8) is 0 Å². The van der Waals surface area contributed by atoms with Crippen LogP contribution in [0.25, 0.3) is 20.9 Å². The first-order chi connectivity index (χ1) is 11.8. The van der Waals surface area contributed by atoms with E-state index in [0.29, 0.717) is 11.4 Å². The lowest BCUT2D eigenvalue weighted by molar-refractivity contribution is 1.28. The molecule has 118 valence electrons. The van der Waals surface area contributed by atoms with Crippen molar-refractivity contribution in [3.05, 3.63) is 81.5 Å². The van der Waals surface area contributed by atoms with Gasteiger partial charge in [0, 0.05) is 9.82 Å². The topological polar surface area (TPSA) is 146 Å². The Morgan fingerprint density at radius 2 is 1.04 bits per heavy atom. The van der Waals surface area contributed by atoms with Gasteiger partial charge in [-0.1, -0.05) is 36.4 Å². The predicted molar refractivity (Wildman–Crippen MR) is 93.3 cm³/mol. The normalized spacial score (nSPS) is 11.0. The van der Waals surface area contributed by atoms with Crippen LogP contribution in [0.2, 0.25) is 0 Å². The lowest BCUT2D eigenvalue weighted by Crippen LogP contribution is -2.12. The van der Waals surface area contributed by atoms with Crippen LogP contribution in [0.3, 0.4) is 0 Å². The minimum absolute atomic E-state index is 0.206. The van der Waals surface area contributed by atoms with Crippen molar-refractivity contribution < 1.29 is 0 Å². The number of rotatable bonds is 4. The molecule has 0 heterocycles. The molecule has 0 aliphatic rings. The molecule has 0 fully saturated rings. The average molecular weight is 320 g/mol. The standard InChI is InChI=1S/C14H12N10/c15-23-21-13(19-17-11-7-3-1-4-8-11)14(22-24-16)20-18-12-9-5-2-6-10-12/h1-10,17-18H/b19-13+,20-14+. The van der Waals surface area contributed by atoms with Gasteiger partial charge >= 0.3 is 0 Å². The summed E-state index contributed by atoms with van der Waals surface area (Å²) in [6, 6.07) is 18.0. The number of hydrogen-bond donors (Lipinski definition) is 2. The fourth-order valence-electron chi connectivity index (χ4n) is 1.58. The van der Waals surface area contributed by atoms with E-state index in [1.54, 1.807) is 24.3 Å². The molecular weight excluding hydrogens is 308 g/mol. The van der Waals surface area contributed by atoms with Crippen LogP contribution in [-0.4, -0.2) is 11.7 Å². The molecule has 0 unspecified atom stereocenters. The number of anilines is 2. The number of para-hydroxylation sites is 2. The lowest BCUT2D eigenvalue weighted by atomic mass is 10.3. The highest BCUT2D eigenvalue weighted by molar-refractivity contribution is 6.41. The van der Waals surface area contributed by atoms with E-state index >= 15 is 0 Å².